The van der Waals surface area contributed by atoms with Gasteiger partial charge in [-0.15, -0.1) is 0 Å². The molecule has 7 nitrogen and oxygen atoms in total. The topological polar surface area (TPSA) is 115 Å². The number of carbonyl (C=O) groups is 2. The molecule has 0 heterocycles. The smallest absolute Gasteiger partial charge is 0.270 e. The lowest BCUT2D eigenvalue weighted by Crippen LogP contribution is -2.14. The van der Waals surface area contributed by atoms with Crippen molar-refractivity contribution < 1.29 is 14.5 Å². The van der Waals surface area contributed by atoms with Gasteiger partial charge in [0.15, 0.2) is 0 Å². The summed E-state index contributed by atoms with van der Waals surface area (Å²) in [5, 5.41) is 13.3. The van der Waals surface area contributed by atoms with Crippen LogP contribution in [0.4, 0.5) is 11.4 Å². The van der Waals surface area contributed by atoms with Crippen LogP contribution in [0.25, 0.3) is 0 Å². The number of halogens is 1. The first kappa shape index (κ1) is 16.4. The van der Waals surface area contributed by atoms with E-state index in [9.17, 15) is 19.7 Å². The van der Waals surface area contributed by atoms with Crippen molar-refractivity contribution in [1.82, 2.24) is 0 Å². The molecule has 0 aliphatic heterocycles. The predicted molar refractivity (Wildman–Crippen MR) is 85.4 cm³/mol. The fourth-order valence-corrected chi connectivity index (χ4v) is 2.17. The van der Waals surface area contributed by atoms with Crippen LogP contribution in [0.3, 0.4) is 0 Å². The van der Waals surface area contributed by atoms with E-state index in [2.05, 4.69) is 5.32 Å². The van der Waals surface area contributed by atoms with Gasteiger partial charge in [0.2, 0.25) is 5.91 Å². The first-order chi connectivity index (χ1) is 10.9. The summed E-state index contributed by atoms with van der Waals surface area (Å²) in [4.78, 5) is 33.0. The fourth-order valence-electron chi connectivity index (χ4n) is 1.91. The summed E-state index contributed by atoms with van der Waals surface area (Å²) in [6.07, 6.45) is 0.113. The van der Waals surface area contributed by atoms with Gasteiger partial charge < -0.3 is 11.1 Å². The van der Waals surface area contributed by atoms with E-state index in [-0.39, 0.29) is 22.7 Å². The molecule has 23 heavy (non-hydrogen) atoms. The van der Waals surface area contributed by atoms with E-state index in [1.54, 1.807) is 24.3 Å². The van der Waals surface area contributed by atoms with Gasteiger partial charge in [-0.2, -0.15) is 0 Å². The summed E-state index contributed by atoms with van der Waals surface area (Å²) in [6.45, 7) is 0. The van der Waals surface area contributed by atoms with Gasteiger partial charge in [0, 0.05) is 17.8 Å². The van der Waals surface area contributed by atoms with Gasteiger partial charge in [0.05, 0.1) is 21.9 Å². The SMILES string of the molecule is NC(=O)Cc1ccc(NC(=O)c2ccc([N+](=O)[O-])cc2Cl)cc1. The number of nitro benzene ring substituents is 1. The minimum Gasteiger partial charge on any atom is -0.369 e. The third kappa shape index (κ3) is 4.27. The Morgan fingerprint density at radius 3 is 2.35 bits per heavy atom. The number of nitrogens with two attached hydrogens (primary N) is 1. The molecule has 0 radical (unpaired) electrons. The Labute approximate surface area is 136 Å². The molecule has 3 N–H and O–H groups in total. The van der Waals surface area contributed by atoms with Crippen LogP contribution in [-0.4, -0.2) is 16.7 Å². The number of benzene rings is 2. The van der Waals surface area contributed by atoms with Gasteiger partial charge in [-0.25, -0.2) is 0 Å². The van der Waals surface area contributed by atoms with Crippen molar-refractivity contribution in [3.05, 3.63) is 68.7 Å². The third-order valence-electron chi connectivity index (χ3n) is 3.00. The molecule has 0 fully saturated rings. The molecule has 0 saturated carbocycles. The first-order valence-corrected chi connectivity index (χ1v) is 6.87. The highest BCUT2D eigenvalue weighted by Gasteiger charge is 2.15. The van der Waals surface area contributed by atoms with E-state index in [0.717, 1.165) is 11.6 Å². The van der Waals surface area contributed by atoms with Gasteiger partial charge >= 0.3 is 0 Å². The number of rotatable bonds is 5. The van der Waals surface area contributed by atoms with Crippen molar-refractivity contribution in [3.63, 3.8) is 0 Å². The van der Waals surface area contributed by atoms with Crippen LogP contribution in [0.1, 0.15) is 15.9 Å². The van der Waals surface area contributed by atoms with E-state index >= 15 is 0 Å². The van der Waals surface area contributed by atoms with Crippen LogP contribution >= 0.6 is 11.6 Å². The molecule has 0 aromatic heterocycles. The lowest BCUT2D eigenvalue weighted by Gasteiger charge is -2.07. The Morgan fingerprint density at radius 1 is 1.17 bits per heavy atom. The van der Waals surface area contributed by atoms with E-state index in [1.165, 1.54) is 12.1 Å². The lowest BCUT2D eigenvalue weighted by atomic mass is 10.1. The highest BCUT2D eigenvalue weighted by Crippen LogP contribution is 2.23. The molecule has 0 atom stereocenters. The summed E-state index contributed by atoms with van der Waals surface area (Å²) in [6, 6.07) is 10.2. The number of nitrogens with zero attached hydrogens (tertiary/aromatic N) is 1. The highest BCUT2D eigenvalue weighted by atomic mass is 35.5. The third-order valence-corrected chi connectivity index (χ3v) is 3.31. The molecule has 2 aromatic rings. The summed E-state index contributed by atoms with van der Waals surface area (Å²) < 4.78 is 0. The van der Waals surface area contributed by atoms with Crippen LogP contribution in [0.5, 0.6) is 0 Å². The monoisotopic (exact) mass is 333 g/mol. The maximum atomic E-state index is 12.1. The second-order valence-electron chi connectivity index (χ2n) is 4.72. The molecule has 2 aromatic carbocycles. The molecule has 2 rings (SSSR count). The first-order valence-electron chi connectivity index (χ1n) is 6.49. The van der Waals surface area contributed by atoms with Crippen LogP contribution in [0.15, 0.2) is 42.5 Å². The minimum absolute atomic E-state index is 0.0120. The van der Waals surface area contributed by atoms with Crippen molar-refractivity contribution in [3.8, 4) is 0 Å². The van der Waals surface area contributed by atoms with Gasteiger partial charge in [-0.1, -0.05) is 23.7 Å². The van der Waals surface area contributed by atoms with Crippen molar-refractivity contribution >= 4 is 34.8 Å². The number of primary amides is 1. The van der Waals surface area contributed by atoms with Crippen molar-refractivity contribution in [2.75, 3.05) is 5.32 Å². The molecule has 0 spiro atoms. The number of amides is 2. The molecule has 0 unspecified atom stereocenters. The second kappa shape index (κ2) is 6.89. The van der Waals surface area contributed by atoms with E-state index in [1.807, 2.05) is 0 Å². The zero-order chi connectivity index (χ0) is 17.0. The Kier molecular flexibility index (Phi) is 4.92. The van der Waals surface area contributed by atoms with Gasteiger partial charge in [0.25, 0.3) is 11.6 Å². The quantitative estimate of drug-likeness (QED) is 0.646. The van der Waals surface area contributed by atoms with Crippen LogP contribution in [0, 0.1) is 10.1 Å². The number of hydrogen-bond acceptors (Lipinski definition) is 4. The molecule has 8 heteroatoms. The predicted octanol–water partition coefficient (Wildman–Crippen LogP) is 2.53. The number of carbonyl (C=O) groups excluding carboxylic acids is 2. The lowest BCUT2D eigenvalue weighted by molar-refractivity contribution is -0.384. The minimum atomic E-state index is -0.592. The van der Waals surface area contributed by atoms with Gasteiger partial charge in [0.1, 0.15) is 0 Å². The summed E-state index contributed by atoms with van der Waals surface area (Å²) in [5.41, 5.74) is 6.25. The zero-order valence-corrected chi connectivity index (χ0v) is 12.5. The molecule has 0 aliphatic rings. The van der Waals surface area contributed by atoms with Crippen molar-refractivity contribution in [2.24, 2.45) is 5.73 Å². The average Bonchev–Trinajstić information content (AvgIpc) is 2.48. The molecule has 0 bridgehead atoms. The average molecular weight is 334 g/mol. The van der Waals surface area contributed by atoms with Crippen LogP contribution in [-0.2, 0) is 11.2 Å². The van der Waals surface area contributed by atoms with E-state index in [4.69, 9.17) is 17.3 Å². The molecule has 2 amide bonds. The summed E-state index contributed by atoms with van der Waals surface area (Å²) in [5.74, 6) is -0.938. The Hall–Kier alpha value is -2.93. The van der Waals surface area contributed by atoms with E-state index in [0.29, 0.717) is 5.69 Å². The molecular formula is C15H12ClN3O4. The van der Waals surface area contributed by atoms with Crippen molar-refractivity contribution in [1.29, 1.82) is 0 Å². The maximum Gasteiger partial charge on any atom is 0.270 e. The second-order valence-corrected chi connectivity index (χ2v) is 5.12. The van der Waals surface area contributed by atoms with Crippen LogP contribution < -0.4 is 11.1 Å². The van der Waals surface area contributed by atoms with Gasteiger partial charge in [-0.3, -0.25) is 19.7 Å². The molecule has 0 aliphatic carbocycles. The number of hydrogen-bond donors (Lipinski definition) is 2. The number of anilines is 1. The largest absolute Gasteiger partial charge is 0.369 e. The van der Waals surface area contributed by atoms with E-state index < -0.39 is 16.7 Å². The Bertz CT molecular complexity index is 775. The number of nitrogens with one attached hydrogen (secondary N) is 1. The number of non-ortho nitro benzene ring substituents is 1. The molecule has 118 valence electrons. The number of nitro groups is 1. The Morgan fingerprint density at radius 2 is 1.83 bits per heavy atom. The highest BCUT2D eigenvalue weighted by molar-refractivity contribution is 6.34. The van der Waals surface area contributed by atoms with Gasteiger partial charge in [-0.05, 0) is 23.8 Å². The normalized spacial score (nSPS) is 10.1. The molecule has 0 saturated heterocycles. The zero-order valence-electron chi connectivity index (χ0n) is 11.8. The maximum absolute atomic E-state index is 12.1. The fraction of sp³-hybridized carbons (Fsp3) is 0.0667. The van der Waals surface area contributed by atoms with Crippen molar-refractivity contribution in [2.45, 2.75) is 6.42 Å². The standard InChI is InChI=1S/C15H12ClN3O4/c16-13-8-11(19(22)23)5-6-12(13)15(21)18-10-3-1-9(2-4-10)7-14(17)20/h1-6,8H,7H2,(H2,17,20)(H,18,21). The molecular weight excluding hydrogens is 322 g/mol. The summed E-state index contributed by atoms with van der Waals surface area (Å²) >= 11 is 5.90. The summed E-state index contributed by atoms with van der Waals surface area (Å²) in [7, 11) is 0. The Balaban J connectivity index is 2.12. The van der Waals surface area contributed by atoms with Crippen LogP contribution in [0.2, 0.25) is 5.02 Å².